The van der Waals surface area contributed by atoms with Crippen LogP contribution in [0.15, 0.2) is 18.5 Å². The van der Waals surface area contributed by atoms with Gasteiger partial charge in [-0.3, -0.25) is 4.98 Å². The Morgan fingerprint density at radius 2 is 2.00 bits per heavy atom. The molecule has 0 atom stereocenters. The Labute approximate surface area is 69.5 Å². The minimum atomic E-state index is 1.11. The fourth-order valence-electron chi connectivity index (χ4n) is 0.899. The predicted octanol–water partition coefficient (Wildman–Crippen LogP) is 2.98. The number of aromatic nitrogens is 1. The van der Waals surface area contributed by atoms with Crippen LogP contribution in [-0.2, 0) is 6.42 Å². The van der Waals surface area contributed by atoms with Crippen LogP contribution in [0.25, 0.3) is 0 Å². The zero-order chi connectivity index (χ0) is 8.69. The van der Waals surface area contributed by atoms with Crippen molar-refractivity contribution in [1.29, 1.82) is 0 Å². The summed E-state index contributed by atoms with van der Waals surface area (Å²) < 4.78 is 0. The molecule has 0 unspecified atom stereocenters. The molecule has 0 saturated heterocycles. The van der Waals surface area contributed by atoms with Gasteiger partial charge in [-0.1, -0.05) is 20.8 Å². The lowest BCUT2D eigenvalue weighted by molar-refractivity contribution is 1.08. The van der Waals surface area contributed by atoms with Crippen LogP contribution in [0.4, 0.5) is 0 Å². The first-order valence-electron chi connectivity index (χ1n) is 4.24. The monoisotopic (exact) mass is 151 g/mol. The van der Waals surface area contributed by atoms with Crippen molar-refractivity contribution in [2.75, 3.05) is 0 Å². The lowest BCUT2D eigenvalue weighted by atomic mass is 10.1. The van der Waals surface area contributed by atoms with Crippen molar-refractivity contribution in [3.05, 3.63) is 29.6 Å². The summed E-state index contributed by atoms with van der Waals surface area (Å²) in [6.07, 6.45) is 4.85. The standard InChI is InChI=1S/C8H11N.C2H6/c1-3-8-4-5-9-6-7(8)2;1-2/h4-6H,3H2,1-2H3;1-2H3. The van der Waals surface area contributed by atoms with E-state index >= 15 is 0 Å². The van der Waals surface area contributed by atoms with E-state index in [1.165, 1.54) is 11.1 Å². The normalized spacial score (nSPS) is 8.36. The van der Waals surface area contributed by atoms with Gasteiger partial charge in [0.1, 0.15) is 0 Å². The zero-order valence-corrected chi connectivity index (χ0v) is 7.89. The van der Waals surface area contributed by atoms with E-state index < -0.39 is 0 Å². The van der Waals surface area contributed by atoms with Gasteiger partial charge in [-0.2, -0.15) is 0 Å². The van der Waals surface area contributed by atoms with Crippen LogP contribution in [0, 0.1) is 6.92 Å². The average molecular weight is 151 g/mol. The molecule has 0 bridgehead atoms. The van der Waals surface area contributed by atoms with Gasteiger partial charge in [0, 0.05) is 12.4 Å². The average Bonchev–Trinajstić information content (AvgIpc) is 2.09. The molecule has 1 rings (SSSR count). The van der Waals surface area contributed by atoms with Crippen LogP contribution in [0.2, 0.25) is 0 Å². The summed E-state index contributed by atoms with van der Waals surface area (Å²) in [5.41, 5.74) is 2.69. The van der Waals surface area contributed by atoms with Crippen LogP contribution in [0.5, 0.6) is 0 Å². The Morgan fingerprint density at radius 1 is 1.36 bits per heavy atom. The topological polar surface area (TPSA) is 12.9 Å². The van der Waals surface area contributed by atoms with Gasteiger partial charge >= 0.3 is 0 Å². The van der Waals surface area contributed by atoms with E-state index in [9.17, 15) is 0 Å². The lowest BCUT2D eigenvalue weighted by Crippen LogP contribution is -1.85. The molecule has 1 heterocycles. The maximum absolute atomic E-state index is 3.99. The van der Waals surface area contributed by atoms with Crippen LogP contribution >= 0.6 is 0 Å². The van der Waals surface area contributed by atoms with Gasteiger partial charge < -0.3 is 0 Å². The molecule has 0 N–H and O–H groups in total. The summed E-state index contributed by atoms with van der Waals surface area (Å²) in [6, 6.07) is 2.06. The molecule has 0 aromatic carbocycles. The van der Waals surface area contributed by atoms with Crippen molar-refractivity contribution in [3.63, 3.8) is 0 Å². The first-order chi connectivity index (χ1) is 5.34. The molecule has 0 saturated carbocycles. The molecule has 0 aliphatic rings. The van der Waals surface area contributed by atoms with Crippen molar-refractivity contribution < 1.29 is 0 Å². The van der Waals surface area contributed by atoms with Crippen LogP contribution in [-0.4, -0.2) is 4.98 Å². The van der Waals surface area contributed by atoms with Gasteiger partial charge in [-0.15, -0.1) is 0 Å². The first-order valence-corrected chi connectivity index (χ1v) is 4.24. The number of pyridine rings is 1. The quantitative estimate of drug-likeness (QED) is 0.601. The van der Waals surface area contributed by atoms with E-state index in [4.69, 9.17) is 0 Å². The van der Waals surface area contributed by atoms with Gasteiger partial charge in [0.25, 0.3) is 0 Å². The predicted molar refractivity (Wildman–Crippen MR) is 49.7 cm³/mol. The third-order valence-corrected chi connectivity index (χ3v) is 1.52. The Morgan fingerprint density at radius 3 is 2.36 bits per heavy atom. The summed E-state index contributed by atoms with van der Waals surface area (Å²) in [7, 11) is 0. The van der Waals surface area contributed by atoms with Gasteiger partial charge in [-0.25, -0.2) is 0 Å². The summed E-state index contributed by atoms with van der Waals surface area (Å²) >= 11 is 0. The number of aryl methyl sites for hydroxylation is 2. The first kappa shape index (κ1) is 10.2. The molecule has 0 aliphatic heterocycles. The molecule has 0 radical (unpaired) electrons. The van der Waals surface area contributed by atoms with Gasteiger partial charge in [0.05, 0.1) is 0 Å². The number of rotatable bonds is 1. The molecule has 1 heteroatoms. The maximum atomic E-state index is 3.99. The second-order valence-corrected chi connectivity index (χ2v) is 2.16. The van der Waals surface area contributed by atoms with Gasteiger partial charge in [-0.05, 0) is 30.5 Å². The van der Waals surface area contributed by atoms with Crippen molar-refractivity contribution in [2.24, 2.45) is 0 Å². The Hall–Kier alpha value is -0.850. The molecule has 62 valence electrons. The van der Waals surface area contributed by atoms with Crippen molar-refractivity contribution in [1.82, 2.24) is 4.98 Å². The molecular formula is C10H17N. The third kappa shape index (κ3) is 3.17. The maximum Gasteiger partial charge on any atom is 0.0299 e. The van der Waals surface area contributed by atoms with E-state index in [2.05, 4.69) is 24.9 Å². The Kier molecular flexibility index (Phi) is 5.44. The number of hydrogen-bond acceptors (Lipinski definition) is 1. The molecule has 0 amide bonds. The van der Waals surface area contributed by atoms with E-state index in [1.807, 2.05) is 26.2 Å². The molecular weight excluding hydrogens is 134 g/mol. The third-order valence-electron chi connectivity index (χ3n) is 1.52. The number of hydrogen-bond donors (Lipinski definition) is 0. The van der Waals surface area contributed by atoms with E-state index in [0.717, 1.165) is 6.42 Å². The highest BCUT2D eigenvalue weighted by atomic mass is 14.6. The second-order valence-electron chi connectivity index (χ2n) is 2.16. The highest BCUT2D eigenvalue weighted by molar-refractivity contribution is 5.20. The van der Waals surface area contributed by atoms with Gasteiger partial charge in [0.15, 0.2) is 0 Å². The Balaban J connectivity index is 0.000000461. The molecule has 11 heavy (non-hydrogen) atoms. The van der Waals surface area contributed by atoms with E-state index in [1.54, 1.807) is 0 Å². The minimum Gasteiger partial charge on any atom is -0.264 e. The zero-order valence-electron chi connectivity index (χ0n) is 7.89. The largest absolute Gasteiger partial charge is 0.264 e. The number of nitrogens with zero attached hydrogens (tertiary/aromatic N) is 1. The molecule has 0 fully saturated rings. The summed E-state index contributed by atoms with van der Waals surface area (Å²) in [4.78, 5) is 3.99. The molecule has 0 aliphatic carbocycles. The lowest BCUT2D eigenvalue weighted by Gasteiger charge is -1.97. The van der Waals surface area contributed by atoms with Crippen molar-refractivity contribution in [2.45, 2.75) is 34.1 Å². The smallest absolute Gasteiger partial charge is 0.0299 e. The second kappa shape index (κ2) is 5.90. The Bertz CT molecular complexity index is 194. The molecule has 1 aromatic heterocycles. The minimum absolute atomic E-state index is 1.11. The van der Waals surface area contributed by atoms with Crippen LogP contribution in [0.1, 0.15) is 31.9 Å². The van der Waals surface area contributed by atoms with Gasteiger partial charge in [0.2, 0.25) is 0 Å². The van der Waals surface area contributed by atoms with Crippen molar-refractivity contribution >= 4 is 0 Å². The summed E-state index contributed by atoms with van der Waals surface area (Å²) in [6.45, 7) is 8.24. The van der Waals surface area contributed by atoms with Crippen molar-refractivity contribution in [3.8, 4) is 0 Å². The highest BCUT2D eigenvalue weighted by Gasteiger charge is 1.90. The van der Waals surface area contributed by atoms with E-state index in [0.29, 0.717) is 0 Å². The molecule has 1 nitrogen and oxygen atoms in total. The SMILES string of the molecule is CC.CCc1ccncc1C. The van der Waals surface area contributed by atoms with E-state index in [-0.39, 0.29) is 0 Å². The van der Waals surface area contributed by atoms with Crippen LogP contribution < -0.4 is 0 Å². The van der Waals surface area contributed by atoms with Crippen LogP contribution in [0.3, 0.4) is 0 Å². The fourth-order valence-corrected chi connectivity index (χ4v) is 0.899. The highest BCUT2D eigenvalue weighted by Crippen LogP contribution is 2.03. The summed E-state index contributed by atoms with van der Waals surface area (Å²) in [5, 5.41) is 0. The molecule has 1 aromatic rings. The fraction of sp³-hybridized carbons (Fsp3) is 0.500. The molecule has 0 spiro atoms. The summed E-state index contributed by atoms with van der Waals surface area (Å²) in [5.74, 6) is 0.